The topological polar surface area (TPSA) is 17.1 Å². The quantitative estimate of drug-likeness (QED) is 0.606. The van der Waals surface area contributed by atoms with Gasteiger partial charge >= 0.3 is 0 Å². The number of carbonyl (C=O) groups is 1. The van der Waals surface area contributed by atoms with Crippen LogP contribution < -0.4 is 0 Å². The molecule has 0 N–H and O–H groups in total. The Morgan fingerprint density at radius 1 is 1.23 bits per heavy atom. The zero-order valence-electron chi connectivity index (χ0n) is 8.55. The third-order valence-corrected chi connectivity index (χ3v) is 2.41. The average molecular weight is 178 g/mol. The second kappa shape index (κ2) is 4.40. The van der Waals surface area contributed by atoms with Gasteiger partial charge in [0.25, 0.3) is 0 Å². The predicted molar refractivity (Wildman–Crippen MR) is 55.5 cm³/mol. The summed E-state index contributed by atoms with van der Waals surface area (Å²) in [6.07, 6.45) is 12.3. The summed E-state index contributed by atoms with van der Waals surface area (Å²) >= 11 is 0. The Labute approximate surface area is 80.5 Å². The molecule has 13 heavy (non-hydrogen) atoms. The van der Waals surface area contributed by atoms with Crippen LogP contribution in [0.5, 0.6) is 0 Å². The summed E-state index contributed by atoms with van der Waals surface area (Å²) in [7, 11) is 0. The van der Waals surface area contributed by atoms with E-state index in [1.165, 1.54) is 31.3 Å². The SMILES string of the molecule is CC(C)(C=O)/C=C/C=C1CCCC1. The predicted octanol–water partition coefficient (Wildman–Crippen LogP) is 3.27. The van der Waals surface area contributed by atoms with E-state index in [-0.39, 0.29) is 5.41 Å². The highest BCUT2D eigenvalue weighted by molar-refractivity contribution is 5.61. The molecule has 0 aromatic heterocycles. The van der Waals surface area contributed by atoms with Crippen LogP contribution in [0.1, 0.15) is 39.5 Å². The van der Waals surface area contributed by atoms with E-state index in [1.807, 2.05) is 26.0 Å². The molecule has 0 amide bonds. The number of aldehydes is 1. The Hall–Kier alpha value is -0.850. The van der Waals surface area contributed by atoms with Crippen molar-refractivity contribution < 1.29 is 4.79 Å². The van der Waals surface area contributed by atoms with Crippen molar-refractivity contribution in [2.45, 2.75) is 39.5 Å². The van der Waals surface area contributed by atoms with Gasteiger partial charge in [0.05, 0.1) is 0 Å². The van der Waals surface area contributed by atoms with Gasteiger partial charge in [0, 0.05) is 5.41 Å². The number of rotatable bonds is 3. The van der Waals surface area contributed by atoms with Gasteiger partial charge in [0.15, 0.2) is 0 Å². The van der Waals surface area contributed by atoms with E-state index in [0.717, 1.165) is 6.29 Å². The third kappa shape index (κ3) is 3.58. The third-order valence-electron chi connectivity index (χ3n) is 2.41. The molecule has 0 saturated heterocycles. The summed E-state index contributed by atoms with van der Waals surface area (Å²) in [6.45, 7) is 3.84. The molecule has 0 aromatic rings. The maximum absolute atomic E-state index is 10.6. The number of allylic oxidation sites excluding steroid dienone is 4. The molecule has 72 valence electrons. The van der Waals surface area contributed by atoms with Gasteiger partial charge in [-0.3, -0.25) is 0 Å². The number of hydrogen-bond donors (Lipinski definition) is 0. The van der Waals surface area contributed by atoms with Gasteiger partial charge in [-0.1, -0.05) is 23.8 Å². The summed E-state index contributed by atoms with van der Waals surface area (Å²) in [5.74, 6) is 0. The first-order chi connectivity index (χ1) is 6.14. The van der Waals surface area contributed by atoms with E-state index in [2.05, 4.69) is 6.08 Å². The highest BCUT2D eigenvalue weighted by atomic mass is 16.1. The van der Waals surface area contributed by atoms with Crippen LogP contribution in [0.15, 0.2) is 23.8 Å². The first kappa shape index (κ1) is 10.2. The second-order valence-electron chi connectivity index (χ2n) is 4.33. The first-order valence-electron chi connectivity index (χ1n) is 4.98. The summed E-state index contributed by atoms with van der Waals surface area (Å²) < 4.78 is 0. The van der Waals surface area contributed by atoms with Crippen molar-refractivity contribution >= 4 is 6.29 Å². The van der Waals surface area contributed by atoms with Crippen molar-refractivity contribution in [3.05, 3.63) is 23.8 Å². The van der Waals surface area contributed by atoms with Crippen LogP contribution in [0, 0.1) is 5.41 Å². The number of hydrogen-bond acceptors (Lipinski definition) is 1. The highest BCUT2D eigenvalue weighted by Crippen LogP contribution is 2.24. The molecule has 0 aromatic carbocycles. The largest absolute Gasteiger partial charge is 0.302 e. The molecular formula is C12H18O. The van der Waals surface area contributed by atoms with E-state index in [4.69, 9.17) is 0 Å². The molecule has 1 fully saturated rings. The lowest BCUT2D eigenvalue weighted by atomic mass is 9.95. The monoisotopic (exact) mass is 178 g/mol. The molecule has 1 heteroatoms. The van der Waals surface area contributed by atoms with Crippen molar-refractivity contribution in [3.8, 4) is 0 Å². The van der Waals surface area contributed by atoms with E-state index in [1.54, 1.807) is 0 Å². The average Bonchev–Trinajstić information content (AvgIpc) is 2.57. The molecule has 0 unspecified atom stereocenters. The van der Waals surface area contributed by atoms with Crippen molar-refractivity contribution in [2.75, 3.05) is 0 Å². The van der Waals surface area contributed by atoms with E-state index >= 15 is 0 Å². The van der Waals surface area contributed by atoms with Gasteiger partial charge in [0.1, 0.15) is 6.29 Å². The minimum absolute atomic E-state index is 0.310. The lowest BCUT2D eigenvalue weighted by Gasteiger charge is -2.08. The summed E-state index contributed by atoms with van der Waals surface area (Å²) in [5, 5.41) is 0. The Morgan fingerprint density at radius 2 is 1.85 bits per heavy atom. The van der Waals surface area contributed by atoms with Crippen LogP contribution in [-0.4, -0.2) is 6.29 Å². The molecule has 1 nitrogen and oxygen atoms in total. The van der Waals surface area contributed by atoms with Crippen LogP contribution in [0.2, 0.25) is 0 Å². The Balaban J connectivity index is 2.48. The summed E-state index contributed by atoms with van der Waals surface area (Å²) in [4.78, 5) is 10.6. The molecule has 1 aliphatic carbocycles. The number of carbonyl (C=O) groups excluding carboxylic acids is 1. The van der Waals surface area contributed by atoms with E-state index in [0.29, 0.717) is 0 Å². The minimum Gasteiger partial charge on any atom is -0.302 e. The van der Waals surface area contributed by atoms with Crippen molar-refractivity contribution in [1.82, 2.24) is 0 Å². The van der Waals surface area contributed by atoms with Crippen LogP contribution in [-0.2, 0) is 4.79 Å². The molecule has 0 heterocycles. The Kier molecular flexibility index (Phi) is 3.47. The van der Waals surface area contributed by atoms with Crippen molar-refractivity contribution in [1.29, 1.82) is 0 Å². The maximum atomic E-state index is 10.6. The molecule has 0 radical (unpaired) electrons. The van der Waals surface area contributed by atoms with Gasteiger partial charge in [-0.2, -0.15) is 0 Å². The zero-order valence-corrected chi connectivity index (χ0v) is 8.55. The summed E-state index contributed by atoms with van der Waals surface area (Å²) in [5.41, 5.74) is 1.22. The van der Waals surface area contributed by atoms with Crippen LogP contribution in [0.4, 0.5) is 0 Å². The summed E-state index contributed by atoms with van der Waals surface area (Å²) in [6, 6.07) is 0. The zero-order chi connectivity index (χ0) is 9.73. The van der Waals surface area contributed by atoms with Crippen LogP contribution in [0.25, 0.3) is 0 Å². The van der Waals surface area contributed by atoms with E-state index < -0.39 is 0 Å². The van der Waals surface area contributed by atoms with Crippen molar-refractivity contribution in [2.24, 2.45) is 5.41 Å². The van der Waals surface area contributed by atoms with Gasteiger partial charge in [-0.25, -0.2) is 0 Å². The standard InChI is InChI=1S/C12H18O/c1-12(2,10-13)9-5-8-11-6-3-4-7-11/h5,8-10H,3-4,6-7H2,1-2H3/b9-5+. The molecule has 0 aliphatic heterocycles. The second-order valence-corrected chi connectivity index (χ2v) is 4.33. The smallest absolute Gasteiger partial charge is 0.129 e. The van der Waals surface area contributed by atoms with Gasteiger partial charge in [0.2, 0.25) is 0 Å². The first-order valence-corrected chi connectivity index (χ1v) is 4.98. The highest BCUT2D eigenvalue weighted by Gasteiger charge is 2.10. The van der Waals surface area contributed by atoms with Gasteiger partial charge in [-0.05, 0) is 39.5 Å². The Morgan fingerprint density at radius 3 is 2.38 bits per heavy atom. The molecule has 1 aliphatic rings. The Bertz CT molecular complexity index is 226. The minimum atomic E-state index is -0.310. The maximum Gasteiger partial charge on any atom is 0.129 e. The fourth-order valence-electron chi connectivity index (χ4n) is 1.47. The molecule has 1 rings (SSSR count). The fourth-order valence-corrected chi connectivity index (χ4v) is 1.47. The lowest BCUT2D eigenvalue weighted by Crippen LogP contribution is -2.07. The molecular weight excluding hydrogens is 160 g/mol. The van der Waals surface area contributed by atoms with E-state index in [9.17, 15) is 4.79 Å². The van der Waals surface area contributed by atoms with Crippen molar-refractivity contribution in [3.63, 3.8) is 0 Å². The van der Waals surface area contributed by atoms with Gasteiger partial charge < -0.3 is 4.79 Å². The molecule has 0 atom stereocenters. The van der Waals surface area contributed by atoms with Crippen LogP contribution >= 0.6 is 0 Å². The fraction of sp³-hybridized carbons (Fsp3) is 0.583. The van der Waals surface area contributed by atoms with Crippen LogP contribution in [0.3, 0.4) is 0 Å². The molecule has 0 spiro atoms. The molecule has 0 bridgehead atoms. The normalized spacial score (nSPS) is 18.2. The molecule has 1 saturated carbocycles. The lowest BCUT2D eigenvalue weighted by molar-refractivity contribution is -0.112. The van der Waals surface area contributed by atoms with Gasteiger partial charge in [-0.15, -0.1) is 0 Å².